The molecule has 112 valence electrons. The lowest BCUT2D eigenvalue weighted by Gasteiger charge is -2.12. The van der Waals surface area contributed by atoms with Crippen molar-refractivity contribution in [1.29, 1.82) is 0 Å². The fourth-order valence-electron chi connectivity index (χ4n) is 2.09. The second kappa shape index (κ2) is 6.82. The molecule has 0 unspecified atom stereocenters. The molecule has 0 saturated heterocycles. The molecule has 1 atom stereocenters. The van der Waals surface area contributed by atoms with Gasteiger partial charge in [0.15, 0.2) is 4.77 Å². The van der Waals surface area contributed by atoms with Crippen LogP contribution < -0.4 is 10.9 Å². The zero-order valence-electron chi connectivity index (χ0n) is 11.9. The largest absolute Gasteiger partial charge is 0.349 e. The number of carbonyl (C=O) groups is 1. The number of thiophene rings is 1. The van der Waals surface area contributed by atoms with Gasteiger partial charge < -0.3 is 10.3 Å². The van der Waals surface area contributed by atoms with Gasteiger partial charge in [0.2, 0.25) is 5.91 Å². The maximum atomic E-state index is 12.0. The van der Waals surface area contributed by atoms with E-state index < -0.39 is 0 Å². The van der Waals surface area contributed by atoms with E-state index in [1.54, 1.807) is 18.3 Å². The highest BCUT2D eigenvalue weighted by molar-refractivity contribution is 7.71. The number of rotatable bonds is 5. The molecule has 7 heteroatoms. The normalized spacial score (nSPS) is 12.1. The van der Waals surface area contributed by atoms with Crippen molar-refractivity contribution in [3.8, 4) is 0 Å². The molecule has 5 nitrogen and oxygen atoms in total. The van der Waals surface area contributed by atoms with E-state index in [1.807, 2.05) is 24.4 Å². The van der Waals surface area contributed by atoms with Crippen molar-refractivity contribution in [2.45, 2.75) is 32.7 Å². The van der Waals surface area contributed by atoms with Gasteiger partial charge in [0.1, 0.15) is 0 Å². The maximum absolute atomic E-state index is 12.0. The smallest absolute Gasteiger partial charge is 0.255 e. The number of nitrogens with one attached hydrogen (secondary N) is 3. The molecule has 21 heavy (non-hydrogen) atoms. The van der Waals surface area contributed by atoms with Crippen molar-refractivity contribution in [3.63, 3.8) is 0 Å². The average molecular weight is 323 g/mol. The Kier molecular flexibility index (Phi) is 5.08. The van der Waals surface area contributed by atoms with Crippen LogP contribution in [0.15, 0.2) is 22.3 Å². The number of hydrogen-bond acceptors (Lipinski definition) is 4. The standard InChI is InChI=1S/C14H17N3O2S2/c1-8-10(13(19)17-14(20)16-8)5-6-12(18)15-9(2)11-4-3-7-21-11/h3-4,7,9H,5-6H2,1-2H3,(H,15,18)(H2,16,17,19,20)/t9-/m1/s1. The van der Waals surface area contributed by atoms with Crippen LogP contribution in [0.25, 0.3) is 0 Å². The second-order valence-electron chi connectivity index (χ2n) is 4.82. The minimum Gasteiger partial charge on any atom is -0.349 e. The van der Waals surface area contributed by atoms with Crippen LogP contribution in [0.2, 0.25) is 0 Å². The van der Waals surface area contributed by atoms with Crippen LogP contribution in [-0.2, 0) is 11.2 Å². The average Bonchev–Trinajstić information content (AvgIpc) is 2.91. The Morgan fingerprint density at radius 1 is 1.48 bits per heavy atom. The number of H-pyrrole nitrogens is 2. The zero-order valence-corrected chi connectivity index (χ0v) is 13.5. The van der Waals surface area contributed by atoms with Crippen LogP contribution in [0.3, 0.4) is 0 Å². The van der Waals surface area contributed by atoms with Crippen molar-refractivity contribution in [2.24, 2.45) is 0 Å². The van der Waals surface area contributed by atoms with E-state index in [4.69, 9.17) is 12.2 Å². The molecule has 0 aliphatic heterocycles. The summed E-state index contributed by atoms with van der Waals surface area (Å²) in [5.74, 6) is -0.0721. The Labute approximate surface area is 131 Å². The van der Waals surface area contributed by atoms with Gasteiger partial charge in [-0.05, 0) is 43.9 Å². The van der Waals surface area contributed by atoms with Crippen molar-refractivity contribution in [3.05, 3.63) is 48.8 Å². The Balaban J connectivity index is 1.96. The summed E-state index contributed by atoms with van der Waals surface area (Å²) in [6, 6.07) is 3.93. The molecule has 0 aromatic carbocycles. The lowest BCUT2D eigenvalue weighted by molar-refractivity contribution is -0.121. The van der Waals surface area contributed by atoms with Crippen LogP contribution in [-0.4, -0.2) is 15.9 Å². The molecule has 0 aliphatic carbocycles. The van der Waals surface area contributed by atoms with Crippen LogP contribution in [0, 0.1) is 11.7 Å². The number of aryl methyl sites for hydroxylation is 1. The maximum Gasteiger partial charge on any atom is 0.255 e. The van der Waals surface area contributed by atoms with Gasteiger partial charge in [-0.1, -0.05) is 6.07 Å². The fraction of sp³-hybridized carbons (Fsp3) is 0.357. The third-order valence-corrected chi connectivity index (χ3v) is 4.46. The Bertz CT molecular complexity index is 731. The van der Waals surface area contributed by atoms with Crippen molar-refractivity contribution < 1.29 is 4.79 Å². The topological polar surface area (TPSA) is 77.8 Å². The third kappa shape index (κ3) is 4.12. The summed E-state index contributed by atoms with van der Waals surface area (Å²) in [5, 5.41) is 4.91. The summed E-state index contributed by atoms with van der Waals surface area (Å²) in [5.41, 5.74) is 1.06. The van der Waals surface area contributed by atoms with Crippen LogP contribution in [0.4, 0.5) is 0 Å². The summed E-state index contributed by atoms with van der Waals surface area (Å²) in [7, 11) is 0. The summed E-state index contributed by atoms with van der Waals surface area (Å²) in [6.45, 7) is 3.73. The molecule has 2 aromatic heterocycles. The number of carbonyl (C=O) groups excluding carboxylic acids is 1. The Morgan fingerprint density at radius 2 is 2.24 bits per heavy atom. The SMILES string of the molecule is Cc1[nH]c(=S)[nH]c(=O)c1CCC(=O)N[C@H](C)c1cccs1. The summed E-state index contributed by atoms with van der Waals surface area (Å²) in [6.07, 6.45) is 0.653. The quantitative estimate of drug-likeness (QED) is 0.740. The van der Waals surface area contributed by atoms with E-state index in [0.717, 1.165) is 4.88 Å². The number of aromatic amines is 2. The lowest BCUT2D eigenvalue weighted by atomic mass is 10.1. The molecular weight excluding hydrogens is 306 g/mol. The first-order valence-corrected chi connectivity index (χ1v) is 7.91. The number of hydrogen-bond donors (Lipinski definition) is 3. The van der Waals surface area contributed by atoms with Gasteiger partial charge in [0.05, 0.1) is 6.04 Å². The third-order valence-electron chi connectivity index (χ3n) is 3.20. The minimum absolute atomic E-state index is 0.0153. The molecule has 0 fully saturated rings. The highest BCUT2D eigenvalue weighted by atomic mass is 32.1. The van der Waals surface area contributed by atoms with Gasteiger partial charge in [-0.2, -0.15) is 0 Å². The molecule has 0 bridgehead atoms. The molecule has 0 radical (unpaired) electrons. The predicted molar refractivity (Wildman–Crippen MR) is 86.2 cm³/mol. The van der Waals surface area contributed by atoms with Crippen molar-refractivity contribution in [1.82, 2.24) is 15.3 Å². The van der Waals surface area contributed by atoms with Gasteiger partial charge in [0.25, 0.3) is 5.56 Å². The van der Waals surface area contributed by atoms with E-state index in [9.17, 15) is 9.59 Å². The van der Waals surface area contributed by atoms with E-state index in [0.29, 0.717) is 22.4 Å². The van der Waals surface area contributed by atoms with Gasteiger partial charge in [-0.15, -0.1) is 11.3 Å². The van der Waals surface area contributed by atoms with Crippen molar-refractivity contribution >= 4 is 29.5 Å². The first-order chi connectivity index (χ1) is 9.97. The minimum atomic E-state index is -0.227. The summed E-state index contributed by atoms with van der Waals surface area (Å²) < 4.78 is 0.303. The predicted octanol–water partition coefficient (Wildman–Crippen LogP) is 2.61. The van der Waals surface area contributed by atoms with Gasteiger partial charge >= 0.3 is 0 Å². The molecule has 0 spiro atoms. The van der Waals surface area contributed by atoms with Gasteiger partial charge in [-0.25, -0.2) is 0 Å². The van der Waals surface area contributed by atoms with Crippen LogP contribution in [0.1, 0.15) is 35.5 Å². The highest BCUT2D eigenvalue weighted by Crippen LogP contribution is 2.18. The van der Waals surface area contributed by atoms with Gasteiger partial charge in [-0.3, -0.25) is 14.6 Å². The number of amides is 1. The fourth-order valence-corrected chi connectivity index (χ4v) is 3.07. The monoisotopic (exact) mass is 323 g/mol. The van der Waals surface area contributed by atoms with E-state index >= 15 is 0 Å². The van der Waals surface area contributed by atoms with Crippen LogP contribution >= 0.6 is 23.6 Å². The molecule has 2 heterocycles. The molecule has 0 saturated carbocycles. The first-order valence-electron chi connectivity index (χ1n) is 6.62. The number of aromatic nitrogens is 2. The first kappa shape index (κ1) is 15.7. The van der Waals surface area contributed by atoms with E-state index in [1.165, 1.54) is 0 Å². The highest BCUT2D eigenvalue weighted by Gasteiger charge is 2.12. The molecule has 2 aromatic rings. The second-order valence-corrected chi connectivity index (χ2v) is 6.20. The molecular formula is C14H17N3O2S2. The van der Waals surface area contributed by atoms with Gasteiger partial charge in [0, 0.05) is 22.6 Å². The molecule has 0 aliphatic rings. The Morgan fingerprint density at radius 3 is 2.86 bits per heavy atom. The van der Waals surface area contributed by atoms with E-state index in [2.05, 4.69) is 15.3 Å². The molecule has 2 rings (SSSR count). The molecule has 3 N–H and O–H groups in total. The molecule has 1 amide bonds. The van der Waals surface area contributed by atoms with E-state index in [-0.39, 0.29) is 23.9 Å². The zero-order chi connectivity index (χ0) is 15.4. The lowest BCUT2D eigenvalue weighted by Crippen LogP contribution is -2.27. The Hall–Kier alpha value is -1.73. The summed E-state index contributed by atoms with van der Waals surface area (Å²) in [4.78, 5) is 30.3. The summed E-state index contributed by atoms with van der Waals surface area (Å²) >= 11 is 6.50. The van der Waals surface area contributed by atoms with Crippen molar-refractivity contribution in [2.75, 3.05) is 0 Å². The van der Waals surface area contributed by atoms with Crippen LogP contribution in [0.5, 0.6) is 0 Å².